The van der Waals surface area contributed by atoms with E-state index in [9.17, 15) is 27.6 Å². The average molecular weight is 556 g/mol. The van der Waals surface area contributed by atoms with Gasteiger partial charge in [0.25, 0.3) is 5.91 Å². The Morgan fingerprint density at radius 1 is 1.13 bits per heavy atom. The molecular formula is C25H41N5O7S. The molecule has 3 fully saturated rings. The van der Waals surface area contributed by atoms with E-state index in [1.807, 2.05) is 0 Å². The second-order valence-electron chi connectivity index (χ2n) is 12.6. The Bertz CT molecular complexity index is 1110. The molecule has 0 spiro atoms. The highest BCUT2D eigenvalue weighted by molar-refractivity contribution is 7.91. The van der Waals surface area contributed by atoms with E-state index in [1.54, 1.807) is 41.5 Å². The molecule has 1 saturated heterocycles. The number of ether oxygens (including phenoxy) is 1. The molecule has 4 amide bonds. The number of carbonyl (C=O) groups is 4. The molecule has 0 bridgehead atoms. The number of likely N-dealkylation sites (tertiary alicyclic amines) is 1. The van der Waals surface area contributed by atoms with Gasteiger partial charge < -0.3 is 26.0 Å². The Morgan fingerprint density at radius 2 is 1.74 bits per heavy atom. The van der Waals surface area contributed by atoms with Crippen molar-refractivity contribution < 1.29 is 32.3 Å². The smallest absolute Gasteiger partial charge is 0.408 e. The van der Waals surface area contributed by atoms with E-state index in [4.69, 9.17) is 10.5 Å². The van der Waals surface area contributed by atoms with Gasteiger partial charge in [-0.1, -0.05) is 26.8 Å². The minimum atomic E-state index is -3.82. The number of alkyl carbamates (subject to hydrolysis) is 1. The Morgan fingerprint density at radius 3 is 2.21 bits per heavy atom. The van der Waals surface area contributed by atoms with Crippen LogP contribution < -0.4 is 21.1 Å². The van der Waals surface area contributed by atoms with Gasteiger partial charge in [0.05, 0.1) is 5.25 Å². The summed E-state index contributed by atoms with van der Waals surface area (Å²) >= 11 is 0. The van der Waals surface area contributed by atoms with E-state index < -0.39 is 79.7 Å². The van der Waals surface area contributed by atoms with Crippen molar-refractivity contribution in [3.8, 4) is 0 Å². The highest BCUT2D eigenvalue weighted by Gasteiger charge is 2.62. The van der Waals surface area contributed by atoms with Crippen molar-refractivity contribution in [2.75, 3.05) is 6.54 Å². The fraction of sp³-hybridized carbons (Fsp3) is 0.760. The molecule has 38 heavy (non-hydrogen) atoms. The Labute approximate surface area is 224 Å². The first kappa shape index (κ1) is 29.9. The van der Waals surface area contributed by atoms with E-state index in [2.05, 4.69) is 21.9 Å². The second kappa shape index (κ2) is 10.1. The number of rotatable bonds is 8. The van der Waals surface area contributed by atoms with E-state index >= 15 is 0 Å². The van der Waals surface area contributed by atoms with Crippen molar-refractivity contribution >= 4 is 33.8 Å². The van der Waals surface area contributed by atoms with E-state index in [0.717, 1.165) is 0 Å². The van der Waals surface area contributed by atoms with Crippen LogP contribution in [0.3, 0.4) is 0 Å². The fourth-order valence-electron chi connectivity index (χ4n) is 4.62. The molecular weight excluding hydrogens is 514 g/mol. The molecule has 5 N–H and O–H groups in total. The van der Waals surface area contributed by atoms with Gasteiger partial charge in [0.2, 0.25) is 21.8 Å². The highest BCUT2D eigenvalue weighted by Crippen LogP contribution is 2.45. The van der Waals surface area contributed by atoms with Crippen LogP contribution in [0.2, 0.25) is 0 Å². The SMILES string of the molecule is C=CC1CC1(NC(=O)[C@@H]1C[C@@H](N)CN1C(=O)[C@H](NC(=O)OC(C)(C)C)C(C)(C)C)C(=O)NS(=O)(=O)C1CC1. The molecule has 2 saturated carbocycles. The number of hydrogen-bond donors (Lipinski definition) is 4. The van der Waals surface area contributed by atoms with E-state index in [-0.39, 0.29) is 19.4 Å². The molecule has 2 aliphatic carbocycles. The molecule has 5 atom stereocenters. The minimum Gasteiger partial charge on any atom is -0.444 e. The van der Waals surface area contributed by atoms with Gasteiger partial charge in [-0.05, 0) is 51.9 Å². The molecule has 1 aliphatic heterocycles. The van der Waals surface area contributed by atoms with Crippen LogP contribution >= 0.6 is 0 Å². The fourth-order valence-corrected chi connectivity index (χ4v) is 5.98. The van der Waals surface area contributed by atoms with E-state index in [1.165, 1.54) is 11.0 Å². The first-order valence-corrected chi connectivity index (χ1v) is 14.4. The monoisotopic (exact) mass is 555 g/mol. The molecule has 214 valence electrons. The Hall–Kier alpha value is -2.67. The topological polar surface area (TPSA) is 177 Å². The quantitative estimate of drug-likeness (QED) is 0.313. The maximum atomic E-state index is 13.7. The summed E-state index contributed by atoms with van der Waals surface area (Å²) < 4.78 is 32.2. The summed E-state index contributed by atoms with van der Waals surface area (Å²) in [7, 11) is -3.82. The summed E-state index contributed by atoms with van der Waals surface area (Å²) in [5.41, 5.74) is 3.16. The summed E-state index contributed by atoms with van der Waals surface area (Å²) in [4.78, 5) is 54.0. The number of sulfonamides is 1. The van der Waals surface area contributed by atoms with Crippen LogP contribution in [0.1, 0.15) is 67.2 Å². The van der Waals surface area contributed by atoms with E-state index in [0.29, 0.717) is 12.8 Å². The minimum absolute atomic E-state index is 0.0691. The molecule has 12 nitrogen and oxygen atoms in total. The van der Waals surface area contributed by atoms with Crippen LogP contribution in [0, 0.1) is 11.3 Å². The molecule has 3 rings (SSSR count). The third-order valence-corrected chi connectivity index (χ3v) is 8.76. The predicted molar refractivity (Wildman–Crippen MR) is 140 cm³/mol. The third kappa shape index (κ3) is 6.66. The summed E-state index contributed by atoms with van der Waals surface area (Å²) in [5.74, 6) is -2.42. The predicted octanol–water partition coefficient (Wildman–Crippen LogP) is 0.523. The molecule has 3 aliphatic rings. The summed E-state index contributed by atoms with van der Waals surface area (Å²) in [5, 5.41) is 4.73. The summed E-state index contributed by atoms with van der Waals surface area (Å²) in [6.45, 7) is 14.2. The van der Waals surface area contributed by atoms with Gasteiger partial charge in [-0.3, -0.25) is 19.1 Å². The van der Waals surface area contributed by atoms with Crippen LogP contribution in [0.5, 0.6) is 0 Å². The van der Waals surface area contributed by atoms with Crippen molar-refractivity contribution in [1.29, 1.82) is 0 Å². The largest absolute Gasteiger partial charge is 0.444 e. The average Bonchev–Trinajstić information content (AvgIpc) is 3.66. The lowest BCUT2D eigenvalue weighted by Gasteiger charge is -2.36. The van der Waals surface area contributed by atoms with Gasteiger partial charge in [-0.15, -0.1) is 6.58 Å². The summed E-state index contributed by atoms with van der Waals surface area (Å²) in [6, 6.07) is -2.55. The maximum absolute atomic E-state index is 13.7. The number of nitrogens with one attached hydrogen (secondary N) is 3. The lowest BCUT2D eigenvalue weighted by Crippen LogP contribution is -2.60. The molecule has 0 aromatic carbocycles. The molecule has 0 aromatic rings. The molecule has 0 aromatic heterocycles. The van der Waals surface area contributed by atoms with Crippen LogP contribution in [0.4, 0.5) is 4.79 Å². The van der Waals surface area contributed by atoms with Crippen molar-refractivity contribution in [3.63, 3.8) is 0 Å². The lowest BCUT2D eigenvalue weighted by atomic mass is 9.85. The zero-order chi connectivity index (χ0) is 28.8. The number of hydrogen-bond acceptors (Lipinski definition) is 8. The number of nitrogens with two attached hydrogens (primary N) is 1. The Balaban J connectivity index is 1.79. The van der Waals surface area contributed by atoms with Crippen LogP contribution in [-0.4, -0.2) is 78.2 Å². The highest BCUT2D eigenvalue weighted by atomic mass is 32.2. The first-order valence-electron chi connectivity index (χ1n) is 12.9. The van der Waals surface area contributed by atoms with Crippen LogP contribution in [0.25, 0.3) is 0 Å². The standard InChI is InChI=1S/C25H41N5O7S/c1-8-14-12-25(14,21(33)29-38(35,36)16-9-10-16)28-19(31)17-11-15(26)13-30(17)20(32)18(23(2,3)4)27-22(34)37-24(5,6)7/h8,14-18H,1,9-13,26H2,2-7H3,(H,27,34)(H,28,31)(H,29,33)/t14?,15-,17+,18+,25?/m1/s1. The second-order valence-corrected chi connectivity index (χ2v) is 14.6. The third-order valence-electron chi connectivity index (χ3n) is 6.94. The van der Waals surface area contributed by atoms with Gasteiger partial charge >= 0.3 is 6.09 Å². The van der Waals surface area contributed by atoms with Crippen molar-refractivity contribution in [2.45, 2.75) is 102 Å². The number of carbonyl (C=O) groups excluding carboxylic acids is 4. The van der Waals surface area contributed by atoms with Gasteiger partial charge in [0.15, 0.2) is 0 Å². The first-order chi connectivity index (χ1) is 17.3. The Kier molecular flexibility index (Phi) is 7.97. The van der Waals surface area contributed by atoms with Gasteiger partial charge in [-0.2, -0.15) is 0 Å². The van der Waals surface area contributed by atoms with Crippen LogP contribution in [-0.2, 0) is 29.1 Å². The van der Waals surface area contributed by atoms with Crippen molar-refractivity contribution in [1.82, 2.24) is 20.3 Å². The van der Waals surface area contributed by atoms with Gasteiger partial charge in [-0.25, -0.2) is 13.2 Å². The molecule has 2 unspecified atom stereocenters. The molecule has 1 heterocycles. The van der Waals surface area contributed by atoms with Crippen molar-refractivity contribution in [2.24, 2.45) is 17.1 Å². The number of nitrogens with zero attached hydrogens (tertiary/aromatic N) is 1. The zero-order valence-electron chi connectivity index (χ0n) is 23.0. The number of amides is 4. The van der Waals surface area contributed by atoms with Crippen LogP contribution in [0.15, 0.2) is 12.7 Å². The zero-order valence-corrected chi connectivity index (χ0v) is 23.8. The molecule has 13 heteroatoms. The maximum Gasteiger partial charge on any atom is 0.408 e. The van der Waals surface area contributed by atoms with Crippen molar-refractivity contribution in [3.05, 3.63) is 12.7 Å². The van der Waals surface area contributed by atoms with Gasteiger partial charge in [0.1, 0.15) is 23.2 Å². The summed E-state index contributed by atoms with van der Waals surface area (Å²) in [6.07, 6.45) is 2.01. The lowest BCUT2D eigenvalue weighted by molar-refractivity contribution is -0.142. The van der Waals surface area contributed by atoms with Gasteiger partial charge in [0, 0.05) is 18.5 Å². The normalized spacial score (nSPS) is 28.2. The molecule has 0 radical (unpaired) electrons.